The van der Waals surface area contributed by atoms with Crippen LogP contribution in [0.1, 0.15) is 37.7 Å². The molecule has 1 fully saturated rings. The van der Waals surface area contributed by atoms with Crippen LogP contribution in [0.4, 0.5) is 8.78 Å². The molecule has 3 heteroatoms. The van der Waals surface area contributed by atoms with Crippen molar-refractivity contribution in [3.8, 4) is 5.75 Å². The molecule has 1 aromatic rings. The number of methoxy groups -OCH3 is 1. The number of hydrogen-bond donors (Lipinski definition) is 0. The molecule has 22 heavy (non-hydrogen) atoms. The van der Waals surface area contributed by atoms with Crippen LogP contribution < -0.4 is 4.74 Å². The van der Waals surface area contributed by atoms with Crippen LogP contribution in [0.5, 0.6) is 5.75 Å². The molecule has 1 aromatic carbocycles. The highest BCUT2D eigenvalue weighted by Gasteiger charge is 2.18. The zero-order valence-corrected chi connectivity index (χ0v) is 13.2. The number of hydrogen-bond acceptors (Lipinski definition) is 1. The maximum absolute atomic E-state index is 13.8. The lowest BCUT2D eigenvalue weighted by molar-refractivity contribution is 0.313. The lowest BCUT2D eigenvalue weighted by Gasteiger charge is -2.25. The molecular weight excluding hydrogens is 282 g/mol. The second-order valence-electron chi connectivity index (χ2n) is 5.98. The monoisotopic (exact) mass is 306 g/mol. The van der Waals surface area contributed by atoms with Gasteiger partial charge in [0.2, 0.25) is 5.82 Å². The molecule has 0 spiro atoms. The third kappa shape index (κ3) is 4.19. The van der Waals surface area contributed by atoms with Crippen molar-refractivity contribution in [3.63, 3.8) is 0 Å². The molecule has 0 saturated heterocycles. The van der Waals surface area contributed by atoms with Gasteiger partial charge in [-0.3, -0.25) is 0 Å². The van der Waals surface area contributed by atoms with E-state index in [-0.39, 0.29) is 5.75 Å². The summed E-state index contributed by atoms with van der Waals surface area (Å²) in [7, 11) is 1.33. The van der Waals surface area contributed by atoms with E-state index >= 15 is 0 Å². The minimum Gasteiger partial charge on any atom is -0.494 e. The first-order valence-corrected chi connectivity index (χ1v) is 7.94. The van der Waals surface area contributed by atoms with Crippen LogP contribution in [-0.2, 0) is 6.42 Å². The van der Waals surface area contributed by atoms with E-state index in [0.717, 1.165) is 6.42 Å². The van der Waals surface area contributed by atoms with E-state index in [1.165, 1.54) is 38.9 Å². The third-order valence-corrected chi connectivity index (χ3v) is 4.55. The molecule has 0 heterocycles. The van der Waals surface area contributed by atoms with Gasteiger partial charge in [0.1, 0.15) is 0 Å². The molecule has 0 unspecified atom stereocenters. The summed E-state index contributed by atoms with van der Waals surface area (Å²) >= 11 is 0. The molecule has 0 N–H and O–H groups in total. The van der Waals surface area contributed by atoms with Crippen LogP contribution in [0.25, 0.3) is 0 Å². The van der Waals surface area contributed by atoms with Gasteiger partial charge in [-0.15, -0.1) is 6.58 Å². The SMILES string of the molecule is C=CC1CCC(CC=CCc2ccc(OC)c(F)c2F)CC1. The van der Waals surface area contributed by atoms with Crippen molar-refractivity contribution in [2.45, 2.75) is 38.5 Å². The quantitative estimate of drug-likeness (QED) is 0.635. The van der Waals surface area contributed by atoms with Crippen molar-refractivity contribution >= 4 is 0 Å². The summed E-state index contributed by atoms with van der Waals surface area (Å²) in [6.07, 6.45) is 12.4. The van der Waals surface area contributed by atoms with Crippen LogP contribution in [0, 0.1) is 23.5 Å². The predicted octanol–water partition coefficient (Wildman–Crippen LogP) is 5.45. The first kappa shape index (κ1) is 16.7. The van der Waals surface area contributed by atoms with Gasteiger partial charge in [0.25, 0.3) is 0 Å². The van der Waals surface area contributed by atoms with Crippen LogP contribution in [0.2, 0.25) is 0 Å². The summed E-state index contributed by atoms with van der Waals surface area (Å²) < 4.78 is 32.2. The van der Waals surface area contributed by atoms with E-state index in [2.05, 4.69) is 18.7 Å². The van der Waals surface area contributed by atoms with E-state index < -0.39 is 11.6 Å². The van der Waals surface area contributed by atoms with Crippen LogP contribution in [-0.4, -0.2) is 7.11 Å². The van der Waals surface area contributed by atoms with Gasteiger partial charge >= 0.3 is 0 Å². The molecule has 1 aliphatic rings. The smallest absolute Gasteiger partial charge is 0.200 e. The Kier molecular flexibility index (Phi) is 6.17. The number of halogens is 2. The molecular formula is C19H24F2O. The molecule has 1 aliphatic carbocycles. The van der Waals surface area contributed by atoms with Crippen molar-refractivity contribution in [3.05, 3.63) is 54.1 Å². The summed E-state index contributed by atoms with van der Waals surface area (Å²) in [5.41, 5.74) is 0.366. The zero-order chi connectivity index (χ0) is 15.9. The Morgan fingerprint density at radius 1 is 1.14 bits per heavy atom. The van der Waals surface area contributed by atoms with Gasteiger partial charge in [0.05, 0.1) is 7.11 Å². The lowest BCUT2D eigenvalue weighted by Crippen LogP contribution is -2.12. The Hall–Kier alpha value is -1.64. The molecule has 0 atom stereocenters. The predicted molar refractivity (Wildman–Crippen MR) is 86.0 cm³/mol. The Labute approximate surface area is 131 Å². The van der Waals surface area contributed by atoms with Gasteiger partial charge in [0.15, 0.2) is 11.6 Å². The summed E-state index contributed by atoms with van der Waals surface area (Å²) in [4.78, 5) is 0. The zero-order valence-electron chi connectivity index (χ0n) is 13.2. The molecule has 2 rings (SSSR count). The van der Waals surface area contributed by atoms with E-state index in [4.69, 9.17) is 4.74 Å². The lowest BCUT2D eigenvalue weighted by atomic mass is 9.80. The molecule has 1 nitrogen and oxygen atoms in total. The number of benzene rings is 1. The van der Waals surface area contributed by atoms with E-state index in [1.807, 2.05) is 6.08 Å². The summed E-state index contributed by atoms with van der Waals surface area (Å²) in [5.74, 6) is -0.377. The van der Waals surface area contributed by atoms with Gasteiger partial charge in [-0.2, -0.15) is 4.39 Å². The highest BCUT2D eigenvalue weighted by Crippen LogP contribution is 2.31. The fourth-order valence-electron chi connectivity index (χ4n) is 3.05. The van der Waals surface area contributed by atoms with Gasteiger partial charge in [-0.25, -0.2) is 4.39 Å². The molecule has 0 bridgehead atoms. The summed E-state index contributed by atoms with van der Waals surface area (Å²) in [6.45, 7) is 3.86. The highest BCUT2D eigenvalue weighted by molar-refractivity contribution is 5.32. The van der Waals surface area contributed by atoms with Gasteiger partial charge in [-0.05, 0) is 62.0 Å². The second kappa shape index (κ2) is 8.11. The number of allylic oxidation sites excluding steroid dienone is 3. The Morgan fingerprint density at radius 2 is 1.86 bits per heavy atom. The van der Waals surface area contributed by atoms with Crippen molar-refractivity contribution in [2.24, 2.45) is 11.8 Å². The Balaban J connectivity index is 1.83. The second-order valence-corrected chi connectivity index (χ2v) is 5.98. The molecule has 0 amide bonds. The minimum atomic E-state index is -0.906. The highest BCUT2D eigenvalue weighted by atomic mass is 19.2. The Morgan fingerprint density at radius 3 is 2.50 bits per heavy atom. The van der Waals surface area contributed by atoms with Crippen molar-refractivity contribution in [1.82, 2.24) is 0 Å². The van der Waals surface area contributed by atoms with Gasteiger partial charge in [0, 0.05) is 0 Å². The molecule has 1 saturated carbocycles. The number of ether oxygens (including phenoxy) is 1. The van der Waals surface area contributed by atoms with Crippen molar-refractivity contribution in [1.29, 1.82) is 0 Å². The minimum absolute atomic E-state index is 0.0517. The molecule has 0 aromatic heterocycles. The van der Waals surface area contributed by atoms with Gasteiger partial charge in [-0.1, -0.05) is 24.3 Å². The van der Waals surface area contributed by atoms with Crippen molar-refractivity contribution < 1.29 is 13.5 Å². The third-order valence-electron chi connectivity index (χ3n) is 4.55. The molecule has 0 aliphatic heterocycles. The van der Waals surface area contributed by atoms with E-state index in [9.17, 15) is 8.78 Å². The average Bonchev–Trinajstić information content (AvgIpc) is 2.56. The maximum atomic E-state index is 13.8. The average molecular weight is 306 g/mol. The first-order chi connectivity index (χ1) is 10.7. The van der Waals surface area contributed by atoms with E-state index in [1.54, 1.807) is 6.07 Å². The van der Waals surface area contributed by atoms with Gasteiger partial charge < -0.3 is 4.74 Å². The standard InChI is InChI=1S/C19H24F2O/c1-3-14-8-10-15(11-9-14)6-4-5-7-16-12-13-17(22-2)19(21)18(16)20/h3-5,12-15H,1,6-11H2,2H3. The Bertz CT molecular complexity index is 528. The number of rotatable bonds is 6. The van der Waals surface area contributed by atoms with Crippen LogP contribution >= 0.6 is 0 Å². The normalized spacial score (nSPS) is 22.0. The summed E-state index contributed by atoms with van der Waals surface area (Å²) in [5, 5.41) is 0. The summed E-state index contributed by atoms with van der Waals surface area (Å²) in [6, 6.07) is 3.05. The fraction of sp³-hybridized carbons (Fsp3) is 0.474. The van der Waals surface area contributed by atoms with Crippen LogP contribution in [0.3, 0.4) is 0 Å². The maximum Gasteiger partial charge on any atom is 0.200 e. The van der Waals surface area contributed by atoms with Crippen LogP contribution in [0.15, 0.2) is 36.9 Å². The first-order valence-electron chi connectivity index (χ1n) is 7.94. The largest absolute Gasteiger partial charge is 0.494 e. The topological polar surface area (TPSA) is 9.23 Å². The van der Waals surface area contributed by atoms with E-state index in [0.29, 0.717) is 23.8 Å². The molecule has 120 valence electrons. The fourth-order valence-corrected chi connectivity index (χ4v) is 3.05. The molecule has 0 radical (unpaired) electrons. The van der Waals surface area contributed by atoms with Crippen molar-refractivity contribution in [2.75, 3.05) is 7.11 Å².